The Bertz CT molecular complexity index is 642. The number of benzene rings is 1. The summed E-state index contributed by atoms with van der Waals surface area (Å²) in [4.78, 5) is 8.93. The molecular weight excluding hydrogens is 327 g/mol. The minimum Gasteiger partial charge on any atom is -0.444 e. The lowest BCUT2D eigenvalue weighted by molar-refractivity contribution is 0.571. The monoisotopic (exact) mass is 350 g/mol. The molecule has 2 N–H and O–H groups in total. The summed E-state index contributed by atoms with van der Waals surface area (Å²) in [5.74, 6) is 2.05. The van der Waals surface area contributed by atoms with Crippen LogP contribution < -0.4 is 10.6 Å². The lowest BCUT2D eigenvalue weighted by atomic mass is 10.2. The van der Waals surface area contributed by atoms with Crippen LogP contribution in [-0.2, 0) is 6.42 Å². The molecule has 7 heteroatoms. The fourth-order valence-electron chi connectivity index (χ4n) is 2.05. The van der Waals surface area contributed by atoms with E-state index in [1.807, 2.05) is 6.92 Å². The van der Waals surface area contributed by atoms with E-state index in [1.165, 1.54) is 12.1 Å². The number of hydrogen-bond donors (Lipinski definition) is 2. The third-order valence-corrected chi connectivity index (χ3v) is 3.82. The molecule has 130 valence electrons. The van der Waals surface area contributed by atoms with Crippen molar-refractivity contribution in [3.05, 3.63) is 42.0 Å². The first-order valence-corrected chi connectivity index (χ1v) is 9.33. The van der Waals surface area contributed by atoms with Crippen LogP contribution in [0.3, 0.4) is 0 Å². The topological polar surface area (TPSA) is 62.5 Å². The van der Waals surface area contributed by atoms with Gasteiger partial charge in [0.05, 0.1) is 12.2 Å². The smallest absolute Gasteiger partial charge is 0.226 e. The van der Waals surface area contributed by atoms with Crippen LogP contribution >= 0.6 is 11.8 Å². The Balaban J connectivity index is 1.85. The summed E-state index contributed by atoms with van der Waals surface area (Å²) in [5, 5.41) is 6.50. The second kappa shape index (κ2) is 9.97. The van der Waals surface area contributed by atoms with Crippen molar-refractivity contribution in [3.63, 3.8) is 0 Å². The molecule has 0 aliphatic carbocycles. The maximum absolute atomic E-state index is 12.9. The fraction of sp³-hybridized carbons (Fsp3) is 0.412. The molecule has 0 spiro atoms. The number of hydrogen-bond acceptors (Lipinski definition) is 4. The van der Waals surface area contributed by atoms with Crippen molar-refractivity contribution < 1.29 is 8.81 Å². The number of nitrogens with zero attached hydrogens (tertiary/aromatic N) is 2. The molecule has 2 aromatic rings. The Morgan fingerprint density at radius 3 is 2.79 bits per heavy atom. The summed E-state index contributed by atoms with van der Waals surface area (Å²) in [6, 6.07) is 6.11. The first kappa shape index (κ1) is 18.3. The van der Waals surface area contributed by atoms with E-state index in [4.69, 9.17) is 4.42 Å². The molecule has 24 heavy (non-hydrogen) atoms. The predicted octanol–water partition coefficient (Wildman–Crippen LogP) is 2.94. The molecule has 0 bridgehead atoms. The molecule has 0 saturated heterocycles. The van der Waals surface area contributed by atoms with Crippen LogP contribution in [0, 0.1) is 5.82 Å². The molecule has 0 fully saturated rings. The quantitative estimate of drug-likeness (QED) is 0.435. The van der Waals surface area contributed by atoms with E-state index in [1.54, 1.807) is 30.2 Å². The summed E-state index contributed by atoms with van der Waals surface area (Å²) in [7, 11) is 0. The number of aromatic nitrogens is 1. The average Bonchev–Trinajstić information content (AvgIpc) is 3.04. The van der Waals surface area contributed by atoms with Gasteiger partial charge in [-0.1, -0.05) is 0 Å². The molecule has 0 unspecified atom stereocenters. The number of rotatable bonds is 8. The van der Waals surface area contributed by atoms with Crippen LogP contribution in [0.2, 0.25) is 0 Å². The summed E-state index contributed by atoms with van der Waals surface area (Å²) >= 11 is 1.78. The highest BCUT2D eigenvalue weighted by atomic mass is 32.2. The third kappa shape index (κ3) is 5.88. The molecule has 1 aromatic heterocycles. The molecule has 1 aromatic carbocycles. The van der Waals surface area contributed by atoms with Gasteiger partial charge in [0.25, 0.3) is 0 Å². The molecular formula is C17H23FN4OS. The summed E-state index contributed by atoms with van der Waals surface area (Å²) < 4.78 is 18.4. The van der Waals surface area contributed by atoms with Gasteiger partial charge in [-0.2, -0.15) is 11.8 Å². The van der Waals surface area contributed by atoms with Crippen LogP contribution in [0.25, 0.3) is 11.5 Å². The Hall–Kier alpha value is -2.02. The number of halogens is 1. The van der Waals surface area contributed by atoms with E-state index >= 15 is 0 Å². The minimum absolute atomic E-state index is 0.272. The van der Waals surface area contributed by atoms with E-state index in [0.29, 0.717) is 12.4 Å². The maximum Gasteiger partial charge on any atom is 0.226 e. The van der Waals surface area contributed by atoms with Crippen LogP contribution in [0.4, 0.5) is 4.39 Å². The first-order chi connectivity index (χ1) is 11.7. The van der Waals surface area contributed by atoms with Gasteiger partial charge in [-0.15, -0.1) is 0 Å². The van der Waals surface area contributed by atoms with Gasteiger partial charge < -0.3 is 15.1 Å². The SMILES string of the molecule is CCNC(=NCCSC)NCCc1coc(-c2ccc(F)cc2)n1. The van der Waals surface area contributed by atoms with Gasteiger partial charge in [0, 0.05) is 30.8 Å². The van der Waals surface area contributed by atoms with Gasteiger partial charge >= 0.3 is 0 Å². The van der Waals surface area contributed by atoms with Crippen molar-refractivity contribution in [3.8, 4) is 11.5 Å². The maximum atomic E-state index is 12.9. The van der Waals surface area contributed by atoms with E-state index in [-0.39, 0.29) is 5.82 Å². The lowest BCUT2D eigenvalue weighted by Gasteiger charge is -2.10. The number of nitrogens with one attached hydrogen (secondary N) is 2. The number of guanidine groups is 1. The van der Waals surface area contributed by atoms with Crippen LogP contribution in [0.1, 0.15) is 12.6 Å². The number of oxazole rings is 1. The van der Waals surface area contributed by atoms with Gasteiger partial charge in [0.15, 0.2) is 5.96 Å². The lowest BCUT2D eigenvalue weighted by Crippen LogP contribution is -2.38. The van der Waals surface area contributed by atoms with Crippen molar-refractivity contribution in [2.24, 2.45) is 4.99 Å². The third-order valence-electron chi connectivity index (χ3n) is 3.23. The highest BCUT2D eigenvalue weighted by Crippen LogP contribution is 2.18. The van der Waals surface area contributed by atoms with Crippen molar-refractivity contribution >= 4 is 17.7 Å². The summed E-state index contributed by atoms with van der Waals surface area (Å²) in [6.45, 7) is 4.36. The van der Waals surface area contributed by atoms with Crippen LogP contribution in [0.15, 0.2) is 39.9 Å². The Labute approximate surface area is 146 Å². The molecule has 0 aliphatic rings. The molecule has 0 saturated carbocycles. The molecule has 0 amide bonds. The van der Waals surface area contributed by atoms with Gasteiger partial charge in [0.1, 0.15) is 12.1 Å². The standard InChI is InChI=1S/C17H23FN4OS/c1-3-19-17(21-10-11-24-2)20-9-8-15-12-23-16(22-15)13-4-6-14(18)7-5-13/h4-7,12H,3,8-11H2,1-2H3,(H2,19,20,21). The zero-order chi connectivity index (χ0) is 17.2. The van der Waals surface area contributed by atoms with Crippen molar-refractivity contribution in [1.82, 2.24) is 15.6 Å². The highest BCUT2D eigenvalue weighted by molar-refractivity contribution is 7.98. The number of thioether (sulfide) groups is 1. The zero-order valence-corrected chi connectivity index (χ0v) is 14.8. The number of aliphatic imine (C=N–C) groups is 1. The highest BCUT2D eigenvalue weighted by Gasteiger charge is 2.07. The van der Waals surface area contributed by atoms with E-state index in [2.05, 4.69) is 26.9 Å². The molecule has 0 aliphatic heterocycles. The van der Waals surface area contributed by atoms with Gasteiger partial charge in [-0.05, 0) is 37.4 Å². The van der Waals surface area contributed by atoms with E-state index < -0.39 is 0 Å². The van der Waals surface area contributed by atoms with Crippen LogP contribution in [0.5, 0.6) is 0 Å². The van der Waals surface area contributed by atoms with Gasteiger partial charge in [-0.25, -0.2) is 9.37 Å². The van der Waals surface area contributed by atoms with Gasteiger partial charge in [-0.3, -0.25) is 4.99 Å². The van der Waals surface area contributed by atoms with Gasteiger partial charge in [0.2, 0.25) is 5.89 Å². The van der Waals surface area contributed by atoms with Crippen LogP contribution in [-0.4, -0.2) is 42.6 Å². The average molecular weight is 350 g/mol. The minimum atomic E-state index is -0.272. The van der Waals surface area contributed by atoms with Crippen molar-refractivity contribution in [2.75, 3.05) is 31.6 Å². The Morgan fingerprint density at radius 1 is 1.29 bits per heavy atom. The van der Waals surface area contributed by atoms with E-state index in [9.17, 15) is 4.39 Å². The molecule has 5 nitrogen and oxygen atoms in total. The summed E-state index contributed by atoms with van der Waals surface area (Å²) in [5.41, 5.74) is 1.62. The predicted molar refractivity (Wildman–Crippen MR) is 98.0 cm³/mol. The molecule has 0 radical (unpaired) electrons. The van der Waals surface area contributed by atoms with Crippen molar-refractivity contribution in [1.29, 1.82) is 0 Å². The molecule has 2 rings (SSSR count). The van der Waals surface area contributed by atoms with E-state index in [0.717, 1.165) is 42.5 Å². The normalized spacial score (nSPS) is 11.5. The Kier molecular flexibility index (Phi) is 7.61. The first-order valence-electron chi connectivity index (χ1n) is 7.94. The largest absolute Gasteiger partial charge is 0.444 e. The Morgan fingerprint density at radius 2 is 2.08 bits per heavy atom. The zero-order valence-electron chi connectivity index (χ0n) is 14.0. The molecule has 0 atom stereocenters. The van der Waals surface area contributed by atoms with Crippen molar-refractivity contribution in [2.45, 2.75) is 13.3 Å². The summed E-state index contributed by atoms with van der Waals surface area (Å²) in [6.07, 6.45) is 4.43. The second-order valence-corrected chi connectivity index (χ2v) is 6.07. The molecule has 1 heterocycles. The second-order valence-electron chi connectivity index (χ2n) is 5.08. The fourth-order valence-corrected chi connectivity index (χ4v) is 2.32.